The number of amides is 1. The Labute approximate surface area is 122 Å². The number of benzene rings is 1. The second-order valence-electron chi connectivity index (χ2n) is 4.38. The molecule has 1 fully saturated rings. The van der Waals surface area contributed by atoms with E-state index in [2.05, 4.69) is 0 Å². The molecule has 0 saturated carbocycles. The maximum atomic E-state index is 11.9. The van der Waals surface area contributed by atoms with Crippen LogP contribution in [0.3, 0.4) is 0 Å². The summed E-state index contributed by atoms with van der Waals surface area (Å²) >= 11 is 11.8. The van der Waals surface area contributed by atoms with Crippen LogP contribution in [0.2, 0.25) is 10.0 Å². The van der Waals surface area contributed by atoms with Gasteiger partial charge in [-0.3, -0.25) is 4.79 Å². The summed E-state index contributed by atoms with van der Waals surface area (Å²) in [5.41, 5.74) is 4.45. The number of nitrogens with zero attached hydrogens (tertiary/aromatic N) is 1. The molecule has 1 amide bonds. The van der Waals surface area contributed by atoms with Gasteiger partial charge in [0.05, 0.1) is 16.1 Å². The van der Waals surface area contributed by atoms with Gasteiger partial charge in [-0.1, -0.05) is 29.3 Å². The Morgan fingerprint density at radius 2 is 2.11 bits per heavy atom. The fourth-order valence-corrected chi connectivity index (χ4v) is 3.76. The lowest BCUT2D eigenvalue weighted by atomic mass is 9.86. The number of hydrogen-bond donors (Lipinski definition) is 1. The summed E-state index contributed by atoms with van der Waals surface area (Å²) in [6.07, 6.45) is 0. The summed E-state index contributed by atoms with van der Waals surface area (Å²) in [5, 5.41) is 0.640. The van der Waals surface area contributed by atoms with Gasteiger partial charge in [0.2, 0.25) is 5.60 Å². The molecule has 0 spiro atoms. The van der Waals surface area contributed by atoms with Crippen molar-refractivity contribution in [2.75, 3.05) is 7.05 Å². The molecule has 0 aromatic heterocycles. The molecule has 2 rings (SSSR count). The molecule has 2 atom stereocenters. The Kier molecular flexibility index (Phi) is 3.59. The number of halogens is 2. The Morgan fingerprint density at radius 3 is 2.53 bits per heavy atom. The molecule has 1 saturated heterocycles. The van der Waals surface area contributed by atoms with Crippen LogP contribution in [0.15, 0.2) is 18.2 Å². The van der Waals surface area contributed by atoms with E-state index in [1.807, 2.05) is 0 Å². The van der Waals surface area contributed by atoms with Crippen LogP contribution in [-0.4, -0.2) is 32.7 Å². The van der Waals surface area contributed by atoms with Crippen LogP contribution < -0.4 is 5.73 Å². The Morgan fingerprint density at radius 1 is 1.47 bits per heavy atom. The first-order chi connectivity index (χ1) is 8.80. The van der Waals surface area contributed by atoms with Gasteiger partial charge < -0.3 is 19.2 Å². The van der Waals surface area contributed by atoms with Crippen molar-refractivity contribution < 1.29 is 13.7 Å². The van der Waals surface area contributed by atoms with Crippen LogP contribution in [0.4, 0.5) is 0 Å². The van der Waals surface area contributed by atoms with Gasteiger partial charge in [-0.15, -0.1) is 0 Å². The maximum Gasteiger partial charge on any atom is 0.639 e. The zero-order chi connectivity index (χ0) is 14.4. The number of carbonyl (C=O) groups excluding carboxylic acids is 1. The standard InChI is InChI=1S/C11H12Cl2N2O3Si/c1-6-11(10(14)16,18-19(17)15(6)2)7-3-4-8(12)9(13)5-7/h3-6H,1-2H3,(H2,14,16). The largest absolute Gasteiger partial charge is 0.639 e. The minimum absolute atomic E-state index is 0.282. The highest BCUT2D eigenvalue weighted by atomic mass is 35.5. The molecule has 1 aliphatic heterocycles. The third-order valence-electron chi connectivity index (χ3n) is 3.42. The highest BCUT2D eigenvalue weighted by Crippen LogP contribution is 2.39. The lowest BCUT2D eigenvalue weighted by molar-refractivity contribution is -0.135. The number of hydrogen-bond acceptors (Lipinski definition) is 3. The fourth-order valence-electron chi connectivity index (χ4n) is 2.15. The number of nitrogens with two attached hydrogens (primary N) is 1. The highest BCUT2D eigenvalue weighted by Gasteiger charge is 2.57. The molecule has 0 radical (unpaired) electrons. The molecule has 0 aliphatic carbocycles. The normalized spacial score (nSPS) is 26.4. The van der Waals surface area contributed by atoms with Gasteiger partial charge in [0, 0.05) is 12.6 Å². The van der Waals surface area contributed by atoms with Gasteiger partial charge in [-0.25, -0.2) is 0 Å². The second-order valence-corrected chi connectivity index (χ2v) is 6.64. The molecular formula is C11H12Cl2N2O3Si. The monoisotopic (exact) mass is 318 g/mol. The molecule has 8 heteroatoms. The molecule has 5 nitrogen and oxygen atoms in total. The Bertz CT molecular complexity index is 569. The second kappa shape index (κ2) is 4.77. The smallest absolute Gasteiger partial charge is 0.488 e. The van der Waals surface area contributed by atoms with Crippen LogP contribution in [0.25, 0.3) is 0 Å². The van der Waals surface area contributed by atoms with E-state index in [0.29, 0.717) is 10.6 Å². The van der Waals surface area contributed by atoms with Gasteiger partial charge in [0.25, 0.3) is 5.91 Å². The van der Waals surface area contributed by atoms with E-state index >= 15 is 0 Å². The summed E-state index contributed by atoms with van der Waals surface area (Å²) in [7, 11) is -0.878. The Hall–Kier alpha value is -1.11. The topological polar surface area (TPSA) is 72.6 Å². The predicted octanol–water partition coefficient (Wildman–Crippen LogP) is 1.44. The number of likely N-dealkylation sites (N-methyl/N-ethyl adjacent to an activating group) is 1. The number of carbonyl (C=O) groups is 1. The molecule has 0 bridgehead atoms. The molecule has 2 unspecified atom stereocenters. The molecule has 1 aliphatic rings. The molecule has 1 heterocycles. The molecular weight excluding hydrogens is 307 g/mol. The third kappa shape index (κ3) is 2.03. The van der Waals surface area contributed by atoms with Crippen LogP contribution in [0.5, 0.6) is 0 Å². The predicted molar refractivity (Wildman–Crippen MR) is 72.1 cm³/mol. The van der Waals surface area contributed by atoms with Crippen molar-refractivity contribution in [2.45, 2.75) is 18.6 Å². The lowest BCUT2D eigenvalue weighted by Gasteiger charge is -2.30. The van der Waals surface area contributed by atoms with E-state index in [0.717, 1.165) is 0 Å². The first-order valence-corrected chi connectivity index (χ1v) is 7.54. The van der Waals surface area contributed by atoms with E-state index < -0.39 is 26.6 Å². The van der Waals surface area contributed by atoms with Gasteiger partial charge in [-0.2, -0.15) is 0 Å². The van der Waals surface area contributed by atoms with Gasteiger partial charge >= 0.3 is 9.09 Å². The third-order valence-corrected chi connectivity index (χ3v) is 5.62. The van der Waals surface area contributed by atoms with E-state index in [-0.39, 0.29) is 5.02 Å². The van der Waals surface area contributed by atoms with Crippen LogP contribution in [0, 0.1) is 0 Å². The van der Waals surface area contributed by atoms with Gasteiger partial charge in [0.1, 0.15) is 0 Å². The van der Waals surface area contributed by atoms with Crippen molar-refractivity contribution in [3.8, 4) is 0 Å². The van der Waals surface area contributed by atoms with Gasteiger partial charge in [-0.05, 0) is 19.1 Å². The average molecular weight is 319 g/mol. The van der Waals surface area contributed by atoms with Crippen molar-refractivity contribution >= 4 is 38.2 Å². The quantitative estimate of drug-likeness (QED) is 0.837. The van der Waals surface area contributed by atoms with Gasteiger partial charge in [0.15, 0.2) is 0 Å². The molecule has 1 aromatic carbocycles. The summed E-state index contributed by atoms with van der Waals surface area (Å²) in [6.45, 7) is 1.73. The van der Waals surface area contributed by atoms with Crippen LogP contribution >= 0.6 is 23.2 Å². The maximum absolute atomic E-state index is 11.9. The molecule has 19 heavy (non-hydrogen) atoms. The molecule has 2 N–H and O–H groups in total. The first kappa shape index (κ1) is 14.3. The van der Waals surface area contributed by atoms with Crippen molar-refractivity contribution in [2.24, 2.45) is 5.73 Å². The lowest BCUT2D eigenvalue weighted by Crippen LogP contribution is -2.49. The van der Waals surface area contributed by atoms with Crippen LogP contribution in [-0.2, 0) is 19.3 Å². The minimum Gasteiger partial charge on any atom is -0.488 e. The average Bonchev–Trinajstić information content (AvgIpc) is 2.58. The Balaban J connectivity index is 2.61. The van der Waals surface area contributed by atoms with Crippen molar-refractivity contribution in [1.29, 1.82) is 0 Å². The highest BCUT2D eigenvalue weighted by molar-refractivity contribution is 6.42. The van der Waals surface area contributed by atoms with E-state index in [1.165, 1.54) is 10.6 Å². The summed E-state index contributed by atoms with van der Waals surface area (Å²) < 4.78 is 18.8. The molecule has 102 valence electrons. The van der Waals surface area contributed by atoms with Crippen molar-refractivity contribution in [1.82, 2.24) is 4.57 Å². The summed E-state index contributed by atoms with van der Waals surface area (Å²) in [5.74, 6) is -0.707. The zero-order valence-corrected chi connectivity index (χ0v) is 12.8. The first-order valence-electron chi connectivity index (χ1n) is 5.52. The minimum atomic E-state index is -2.50. The number of primary amides is 1. The van der Waals surface area contributed by atoms with E-state index in [9.17, 15) is 9.26 Å². The van der Waals surface area contributed by atoms with E-state index in [1.54, 1.807) is 26.1 Å². The molecule has 1 aromatic rings. The van der Waals surface area contributed by atoms with E-state index in [4.69, 9.17) is 33.4 Å². The summed E-state index contributed by atoms with van der Waals surface area (Å²) in [4.78, 5) is 11.9. The van der Waals surface area contributed by atoms with Crippen LogP contribution in [0.1, 0.15) is 12.5 Å². The van der Waals surface area contributed by atoms with Crippen molar-refractivity contribution in [3.05, 3.63) is 33.8 Å². The number of rotatable bonds is 2. The summed E-state index contributed by atoms with van der Waals surface area (Å²) in [6, 6.07) is 4.20. The zero-order valence-electron chi connectivity index (χ0n) is 10.3. The fraction of sp³-hybridized carbons (Fsp3) is 0.364. The van der Waals surface area contributed by atoms with Crippen molar-refractivity contribution in [3.63, 3.8) is 0 Å². The SMILES string of the molecule is CC1N(C)[Si](=O)OC1(C(N)=O)c1ccc(Cl)c(Cl)c1.